The maximum atomic E-state index is 13.3. The highest BCUT2D eigenvalue weighted by Crippen LogP contribution is 2.44. The second kappa shape index (κ2) is 8.93. The number of Topliss-reactive ketones (excluding diaryl/α,β-unsaturated/α-hetero) is 1. The van der Waals surface area contributed by atoms with Crippen molar-refractivity contribution in [3.05, 3.63) is 94.5 Å². The summed E-state index contributed by atoms with van der Waals surface area (Å²) in [6.45, 7) is 2.39. The van der Waals surface area contributed by atoms with E-state index in [1.54, 1.807) is 42.5 Å². The molecule has 0 bridgehead atoms. The molecular weight excluding hydrogens is 472 g/mol. The molecule has 4 aromatic rings. The number of carbonyl (C=O) groups is 2. The SMILES string of the molecule is CCOc1ccc(/C(O)=C2\C(=O)C(=O)N(c3nc4ccc(Cl)cc4s3)C2c2ccccc2)cc1. The van der Waals surface area contributed by atoms with Gasteiger partial charge in [-0.05, 0) is 55.0 Å². The lowest BCUT2D eigenvalue weighted by Crippen LogP contribution is -2.29. The first-order valence-electron chi connectivity index (χ1n) is 10.6. The Balaban J connectivity index is 1.67. The molecular formula is C26H19ClN2O4S. The number of benzene rings is 3. The molecule has 0 radical (unpaired) electrons. The summed E-state index contributed by atoms with van der Waals surface area (Å²) in [7, 11) is 0. The molecule has 3 aromatic carbocycles. The summed E-state index contributed by atoms with van der Waals surface area (Å²) in [6, 6.07) is 20.3. The van der Waals surface area contributed by atoms with Gasteiger partial charge < -0.3 is 9.84 Å². The number of ketones is 1. The van der Waals surface area contributed by atoms with Crippen molar-refractivity contribution in [2.24, 2.45) is 0 Å². The number of fused-ring (bicyclic) bond motifs is 1. The number of aliphatic hydroxyl groups excluding tert-OH is 1. The van der Waals surface area contributed by atoms with Crippen molar-refractivity contribution in [3.8, 4) is 5.75 Å². The van der Waals surface area contributed by atoms with Crippen molar-refractivity contribution in [1.82, 2.24) is 4.98 Å². The number of hydrogen-bond acceptors (Lipinski definition) is 6. The third kappa shape index (κ3) is 3.83. The van der Waals surface area contributed by atoms with E-state index < -0.39 is 17.7 Å². The number of hydrogen-bond donors (Lipinski definition) is 1. The molecule has 0 spiro atoms. The number of halogens is 1. The molecule has 0 saturated carbocycles. The maximum Gasteiger partial charge on any atom is 0.301 e. The highest BCUT2D eigenvalue weighted by atomic mass is 35.5. The van der Waals surface area contributed by atoms with Crippen LogP contribution in [0.15, 0.2) is 78.4 Å². The number of aliphatic hydroxyl groups is 1. The van der Waals surface area contributed by atoms with E-state index in [0.29, 0.717) is 39.2 Å². The van der Waals surface area contributed by atoms with Gasteiger partial charge in [0.15, 0.2) is 5.13 Å². The summed E-state index contributed by atoms with van der Waals surface area (Å²) in [5, 5.41) is 12.1. The first kappa shape index (κ1) is 22.1. The lowest BCUT2D eigenvalue weighted by molar-refractivity contribution is -0.132. The van der Waals surface area contributed by atoms with Gasteiger partial charge in [-0.15, -0.1) is 0 Å². The van der Waals surface area contributed by atoms with E-state index in [2.05, 4.69) is 4.98 Å². The van der Waals surface area contributed by atoms with Crippen LogP contribution in [0.25, 0.3) is 16.0 Å². The van der Waals surface area contributed by atoms with Crippen LogP contribution < -0.4 is 9.64 Å². The standard InChI is InChI=1S/C26H19ClN2O4S/c1-2-33-18-11-8-16(9-12-18)23(30)21-22(15-6-4-3-5-7-15)29(25(32)24(21)31)26-28-19-13-10-17(27)14-20(19)34-26/h3-14,22,30H,2H2,1H3/b23-21+. The van der Waals surface area contributed by atoms with Gasteiger partial charge in [-0.3, -0.25) is 14.5 Å². The predicted octanol–water partition coefficient (Wildman–Crippen LogP) is 5.97. The molecule has 1 unspecified atom stereocenters. The Bertz CT molecular complexity index is 1430. The molecule has 1 aliphatic heterocycles. The molecule has 1 atom stereocenters. The summed E-state index contributed by atoms with van der Waals surface area (Å²) < 4.78 is 6.26. The zero-order valence-electron chi connectivity index (χ0n) is 18.1. The van der Waals surface area contributed by atoms with Gasteiger partial charge in [-0.1, -0.05) is 53.3 Å². The number of nitrogens with zero attached hydrogens (tertiary/aromatic N) is 2. The third-order valence-corrected chi connectivity index (χ3v) is 6.80. The fraction of sp³-hybridized carbons (Fsp3) is 0.115. The van der Waals surface area contributed by atoms with E-state index in [0.717, 1.165) is 4.70 Å². The Kier molecular flexibility index (Phi) is 5.81. The Morgan fingerprint density at radius 3 is 2.53 bits per heavy atom. The number of rotatable bonds is 5. The first-order valence-corrected chi connectivity index (χ1v) is 11.8. The summed E-state index contributed by atoms with van der Waals surface area (Å²) >= 11 is 7.39. The van der Waals surface area contributed by atoms with Crippen LogP contribution in [0.4, 0.5) is 5.13 Å². The fourth-order valence-electron chi connectivity index (χ4n) is 4.00. The smallest absolute Gasteiger partial charge is 0.301 e. The summed E-state index contributed by atoms with van der Waals surface area (Å²) in [6.07, 6.45) is 0. The zero-order valence-corrected chi connectivity index (χ0v) is 19.6. The van der Waals surface area contributed by atoms with Crippen molar-refractivity contribution >= 4 is 55.7 Å². The number of carbonyl (C=O) groups excluding carboxylic acids is 2. The van der Waals surface area contributed by atoms with Gasteiger partial charge in [0, 0.05) is 10.6 Å². The van der Waals surface area contributed by atoms with Gasteiger partial charge >= 0.3 is 5.91 Å². The maximum absolute atomic E-state index is 13.3. The highest BCUT2D eigenvalue weighted by Gasteiger charge is 2.48. The predicted molar refractivity (Wildman–Crippen MR) is 133 cm³/mol. The molecule has 2 heterocycles. The summed E-state index contributed by atoms with van der Waals surface area (Å²) in [5.74, 6) is -1.11. The number of amides is 1. The van der Waals surface area contributed by atoms with Gasteiger partial charge in [0.2, 0.25) is 0 Å². The largest absolute Gasteiger partial charge is 0.507 e. The monoisotopic (exact) mass is 490 g/mol. The van der Waals surface area contributed by atoms with Crippen molar-refractivity contribution in [3.63, 3.8) is 0 Å². The summed E-state index contributed by atoms with van der Waals surface area (Å²) in [5.41, 5.74) is 1.78. The number of thiazole rings is 1. The molecule has 1 aliphatic rings. The van der Waals surface area contributed by atoms with E-state index in [-0.39, 0.29) is 11.3 Å². The molecule has 1 N–H and O–H groups in total. The van der Waals surface area contributed by atoms with Gasteiger partial charge in [0.25, 0.3) is 5.78 Å². The second-order valence-electron chi connectivity index (χ2n) is 7.65. The Morgan fingerprint density at radius 2 is 1.82 bits per heavy atom. The van der Waals surface area contributed by atoms with E-state index >= 15 is 0 Å². The van der Waals surface area contributed by atoms with Gasteiger partial charge in [-0.2, -0.15) is 0 Å². The second-order valence-corrected chi connectivity index (χ2v) is 9.09. The molecule has 6 nitrogen and oxygen atoms in total. The normalized spacial score (nSPS) is 17.5. The van der Waals surface area contributed by atoms with Crippen LogP contribution in [0.5, 0.6) is 5.75 Å². The lowest BCUT2D eigenvalue weighted by Gasteiger charge is -2.22. The fourth-order valence-corrected chi connectivity index (χ4v) is 5.27. The third-order valence-electron chi connectivity index (χ3n) is 5.54. The highest BCUT2D eigenvalue weighted by molar-refractivity contribution is 7.22. The van der Waals surface area contributed by atoms with Crippen molar-refractivity contribution < 1.29 is 19.4 Å². The molecule has 5 rings (SSSR count). The minimum Gasteiger partial charge on any atom is -0.507 e. The Labute approximate surface area is 204 Å². The van der Waals surface area contributed by atoms with E-state index in [4.69, 9.17) is 16.3 Å². The molecule has 170 valence electrons. The van der Waals surface area contributed by atoms with Crippen LogP contribution in [0, 0.1) is 0 Å². The van der Waals surface area contributed by atoms with E-state index in [1.165, 1.54) is 16.2 Å². The van der Waals surface area contributed by atoms with Crippen LogP contribution in [0.1, 0.15) is 24.1 Å². The summed E-state index contributed by atoms with van der Waals surface area (Å²) in [4.78, 5) is 32.5. The average Bonchev–Trinajstić information content (AvgIpc) is 3.37. The van der Waals surface area contributed by atoms with Crippen molar-refractivity contribution in [2.75, 3.05) is 11.5 Å². The number of ether oxygens (including phenoxy) is 1. The van der Waals surface area contributed by atoms with Gasteiger partial charge in [0.05, 0.1) is 28.4 Å². The van der Waals surface area contributed by atoms with Crippen molar-refractivity contribution in [1.29, 1.82) is 0 Å². The number of anilines is 1. The molecule has 1 aromatic heterocycles. The molecule has 1 saturated heterocycles. The van der Waals surface area contributed by atoms with E-state index in [1.807, 2.05) is 37.3 Å². The molecule has 1 fully saturated rings. The average molecular weight is 491 g/mol. The first-order chi connectivity index (χ1) is 16.5. The van der Waals surface area contributed by atoms with Gasteiger partial charge in [-0.25, -0.2) is 4.98 Å². The molecule has 0 aliphatic carbocycles. The van der Waals surface area contributed by atoms with E-state index in [9.17, 15) is 14.7 Å². The molecule has 1 amide bonds. The van der Waals surface area contributed by atoms with Crippen LogP contribution in [0.2, 0.25) is 5.02 Å². The van der Waals surface area contributed by atoms with Crippen LogP contribution in [-0.2, 0) is 9.59 Å². The van der Waals surface area contributed by atoms with Crippen LogP contribution >= 0.6 is 22.9 Å². The topological polar surface area (TPSA) is 79.7 Å². The minimum absolute atomic E-state index is 0.0117. The number of aromatic nitrogens is 1. The van der Waals surface area contributed by atoms with Gasteiger partial charge in [0.1, 0.15) is 11.5 Å². The quantitative estimate of drug-likeness (QED) is 0.211. The van der Waals surface area contributed by atoms with Crippen LogP contribution in [-0.4, -0.2) is 28.4 Å². The minimum atomic E-state index is -0.830. The zero-order chi connectivity index (χ0) is 23.8. The Morgan fingerprint density at radius 1 is 1.09 bits per heavy atom. The van der Waals surface area contributed by atoms with Crippen LogP contribution in [0.3, 0.4) is 0 Å². The molecule has 8 heteroatoms. The lowest BCUT2D eigenvalue weighted by atomic mass is 9.95. The Hall–Kier alpha value is -3.68. The molecule has 34 heavy (non-hydrogen) atoms. The van der Waals surface area contributed by atoms with Crippen molar-refractivity contribution in [2.45, 2.75) is 13.0 Å².